The molecule has 2 rings (SSSR count). The molecule has 0 aliphatic carbocycles. The standard InChI is InChI=1S/C26H35N3O4/c1-18(2)16-22(28-24(30)21(27)15-14-19-10-6-4-7-11-19)25(31)29-23(26(32)33-3)17-20-12-8-5-9-13-20/h4-13,18,21-23H,14-17,27H2,1-3H3,(H,28,30)(H,29,31)/t21?,22-,23?/m0/s1. The van der Waals surface area contributed by atoms with Gasteiger partial charge in [-0.1, -0.05) is 74.5 Å². The monoisotopic (exact) mass is 453 g/mol. The molecule has 0 aliphatic heterocycles. The Morgan fingerprint density at radius 2 is 1.39 bits per heavy atom. The van der Waals surface area contributed by atoms with Gasteiger partial charge in [0.15, 0.2) is 0 Å². The topological polar surface area (TPSA) is 111 Å². The predicted octanol–water partition coefficient (Wildman–Crippen LogP) is 2.38. The second-order valence-corrected chi connectivity index (χ2v) is 8.60. The lowest BCUT2D eigenvalue weighted by Gasteiger charge is -2.24. The number of esters is 1. The van der Waals surface area contributed by atoms with Crippen LogP contribution in [0.2, 0.25) is 0 Å². The zero-order valence-corrected chi connectivity index (χ0v) is 19.6. The van der Waals surface area contributed by atoms with Crippen LogP contribution in [0.4, 0.5) is 0 Å². The van der Waals surface area contributed by atoms with E-state index in [-0.39, 0.29) is 18.2 Å². The van der Waals surface area contributed by atoms with Gasteiger partial charge in [-0.15, -0.1) is 0 Å². The first kappa shape index (κ1) is 26.1. The van der Waals surface area contributed by atoms with Crippen molar-refractivity contribution in [1.82, 2.24) is 10.6 Å². The van der Waals surface area contributed by atoms with Gasteiger partial charge in [-0.3, -0.25) is 9.59 Å². The Labute approximate surface area is 196 Å². The lowest BCUT2D eigenvalue weighted by atomic mass is 10.00. The molecule has 3 atom stereocenters. The van der Waals surface area contributed by atoms with E-state index in [0.29, 0.717) is 19.3 Å². The smallest absolute Gasteiger partial charge is 0.328 e. The summed E-state index contributed by atoms with van der Waals surface area (Å²) in [5.41, 5.74) is 8.09. The molecule has 2 aromatic rings. The zero-order valence-electron chi connectivity index (χ0n) is 19.6. The number of benzene rings is 2. The van der Waals surface area contributed by atoms with Crippen molar-refractivity contribution in [2.75, 3.05) is 7.11 Å². The Bertz CT molecular complexity index is 887. The third-order valence-electron chi connectivity index (χ3n) is 5.35. The molecule has 0 aromatic heterocycles. The average molecular weight is 454 g/mol. The molecule has 2 unspecified atom stereocenters. The molecular weight excluding hydrogens is 418 g/mol. The lowest BCUT2D eigenvalue weighted by Crippen LogP contribution is -2.55. The highest BCUT2D eigenvalue weighted by Crippen LogP contribution is 2.10. The number of hydrogen-bond acceptors (Lipinski definition) is 5. The summed E-state index contributed by atoms with van der Waals surface area (Å²) in [5, 5.41) is 5.54. The third kappa shape index (κ3) is 9.06. The van der Waals surface area contributed by atoms with Gasteiger partial charge < -0.3 is 21.1 Å². The first-order chi connectivity index (χ1) is 15.8. The number of hydrogen-bond donors (Lipinski definition) is 3. The highest BCUT2D eigenvalue weighted by atomic mass is 16.5. The molecule has 7 nitrogen and oxygen atoms in total. The van der Waals surface area contributed by atoms with Gasteiger partial charge in [0, 0.05) is 6.42 Å². The molecule has 2 amide bonds. The van der Waals surface area contributed by atoms with E-state index >= 15 is 0 Å². The molecule has 0 fully saturated rings. The Morgan fingerprint density at radius 1 is 0.848 bits per heavy atom. The third-order valence-corrected chi connectivity index (χ3v) is 5.35. The minimum absolute atomic E-state index is 0.146. The van der Waals surface area contributed by atoms with Gasteiger partial charge in [0.25, 0.3) is 0 Å². The fourth-order valence-electron chi connectivity index (χ4n) is 3.54. The maximum Gasteiger partial charge on any atom is 0.328 e. The van der Waals surface area contributed by atoms with Crippen LogP contribution in [0.5, 0.6) is 0 Å². The summed E-state index contributed by atoms with van der Waals surface area (Å²) in [7, 11) is 1.28. The number of aryl methyl sites for hydroxylation is 1. The van der Waals surface area contributed by atoms with Crippen LogP contribution in [-0.4, -0.2) is 43.0 Å². The Balaban J connectivity index is 2.02. The molecule has 0 aliphatic rings. The van der Waals surface area contributed by atoms with E-state index in [0.717, 1.165) is 11.1 Å². The largest absolute Gasteiger partial charge is 0.467 e. The minimum Gasteiger partial charge on any atom is -0.467 e. The number of rotatable bonds is 12. The van der Waals surface area contributed by atoms with E-state index in [9.17, 15) is 14.4 Å². The normalized spacial score (nSPS) is 13.6. The van der Waals surface area contributed by atoms with Crippen molar-refractivity contribution in [2.24, 2.45) is 11.7 Å². The van der Waals surface area contributed by atoms with Crippen LogP contribution in [-0.2, 0) is 32.0 Å². The van der Waals surface area contributed by atoms with Gasteiger partial charge >= 0.3 is 5.97 Å². The van der Waals surface area contributed by atoms with Crippen molar-refractivity contribution in [3.8, 4) is 0 Å². The number of carbonyl (C=O) groups excluding carboxylic acids is 3. The van der Waals surface area contributed by atoms with Gasteiger partial charge in [0.2, 0.25) is 11.8 Å². The molecule has 0 saturated heterocycles. The van der Waals surface area contributed by atoms with Crippen LogP contribution in [0.25, 0.3) is 0 Å². The predicted molar refractivity (Wildman–Crippen MR) is 128 cm³/mol. The number of nitrogens with one attached hydrogen (secondary N) is 2. The van der Waals surface area contributed by atoms with Crippen molar-refractivity contribution in [2.45, 2.75) is 57.7 Å². The molecular formula is C26H35N3O4. The molecule has 7 heteroatoms. The average Bonchev–Trinajstić information content (AvgIpc) is 2.82. The molecule has 0 spiro atoms. The van der Waals surface area contributed by atoms with E-state index in [2.05, 4.69) is 10.6 Å². The first-order valence-corrected chi connectivity index (χ1v) is 11.3. The maximum absolute atomic E-state index is 13.1. The molecule has 4 N–H and O–H groups in total. The number of methoxy groups -OCH3 is 1. The minimum atomic E-state index is -0.858. The van der Waals surface area contributed by atoms with Gasteiger partial charge in [-0.25, -0.2) is 4.79 Å². The fraction of sp³-hybridized carbons (Fsp3) is 0.423. The van der Waals surface area contributed by atoms with Gasteiger partial charge in [0.1, 0.15) is 12.1 Å². The number of amides is 2. The van der Waals surface area contributed by atoms with Crippen LogP contribution in [0.3, 0.4) is 0 Å². The Morgan fingerprint density at radius 3 is 1.94 bits per heavy atom. The Kier molecular flexibility index (Phi) is 10.6. The molecule has 2 aromatic carbocycles. The first-order valence-electron chi connectivity index (χ1n) is 11.3. The molecule has 33 heavy (non-hydrogen) atoms. The van der Waals surface area contributed by atoms with Crippen molar-refractivity contribution in [3.05, 3.63) is 71.8 Å². The second kappa shape index (κ2) is 13.4. The summed E-state index contributed by atoms with van der Waals surface area (Å²) in [6, 6.07) is 16.7. The summed E-state index contributed by atoms with van der Waals surface area (Å²) in [6.07, 6.45) is 1.84. The van der Waals surface area contributed by atoms with Crippen LogP contribution in [0.15, 0.2) is 60.7 Å². The van der Waals surface area contributed by atoms with Gasteiger partial charge in [-0.05, 0) is 36.3 Å². The Hall–Kier alpha value is -3.19. The summed E-state index contributed by atoms with van der Waals surface area (Å²) in [4.78, 5) is 38.1. The van der Waals surface area contributed by atoms with E-state index in [4.69, 9.17) is 10.5 Å². The van der Waals surface area contributed by atoms with Crippen molar-refractivity contribution in [3.63, 3.8) is 0 Å². The van der Waals surface area contributed by atoms with Crippen LogP contribution >= 0.6 is 0 Å². The fourth-order valence-corrected chi connectivity index (χ4v) is 3.54. The lowest BCUT2D eigenvalue weighted by molar-refractivity contribution is -0.145. The summed E-state index contributed by atoms with van der Waals surface area (Å²) in [6.45, 7) is 3.92. The number of ether oxygens (including phenoxy) is 1. The van der Waals surface area contributed by atoms with Crippen molar-refractivity contribution < 1.29 is 19.1 Å². The van der Waals surface area contributed by atoms with E-state index in [1.165, 1.54) is 7.11 Å². The van der Waals surface area contributed by atoms with Crippen LogP contribution in [0.1, 0.15) is 37.8 Å². The van der Waals surface area contributed by atoms with E-state index < -0.39 is 30.0 Å². The van der Waals surface area contributed by atoms with Gasteiger partial charge in [0.05, 0.1) is 13.2 Å². The second-order valence-electron chi connectivity index (χ2n) is 8.60. The van der Waals surface area contributed by atoms with Crippen molar-refractivity contribution in [1.29, 1.82) is 0 Å². The highest BCUT2D eigenvalue weighted by molar-refractivity contribution is 5.92. The summed E-state index contributed by atoms with van der Waals surface area (Å²) in [5.74, 6) is -1.21. The van der Waals surface area contributed by atoms with Gasteiger partial charge in [-0.2, -0.15) is 0 Å². The number of carbonyl (C=O) groups is 3. The summed E-state index contributed by atoms with van der Waals surface area (Å²) < 4.78 is 4.88. The zero-order chi connectivity index (χ0) is 24.2. The molecule has 0 bridgehead atoms. The van der Waals surface area contributed by atoms with E-state index in [1.807, 2.05) is 74.5 Å². The summed E-state index contributed by atoms with van der Waals surface area (Å²) >= 11 is 0. The van der Waals surface area contributed by atoms with Crippen molar-refractivity contribution >= 4 is 17.8 Å². The quantitative estimate of drug-likeness (QED) is 0.428. The van der Waals surface area contributed by atoms with Crippen LogP contribution < -0.4 is 16.4 Å². The molecule has 0 saturated carbocycles. The maximum atomic E-state index is 13.1. The molecule has 0 radical (unpaired) electrons. The SMILES string of the molecule is COC(=O)C(Cc1ccccc1)NC(=O)[C@H](CC(C)C)NC(=O)C(N)CCc1ccccc1. The number of nitrogens with two attached hydrogens (primary N) is 1. The molecule has 178 valence electrons. The highest BCUT2D eigenvalue weighted by Gasteiger charge is 2.29. The molecule has 0 heterocycles. The van der Waals surface area contributed by atoms with E-state index in [1.54, 1.807) is 0 Å². The van der Waals surface area contributed by atoms with Crippen LogP contribution in [0, 0.1) is 5.92 Å².